The highest BCUT2D eigenvalue weighted by Crippen LogP contribution is 2.46. The molecule has 2 unspecified atom stereocenters. The van der Waals surface area contributed by atoms with Crippen molar-refractivity contribution in [1.82, 2.24) is 4.98 Å². The van der Waals surface area contributed by atoms with Crippen LogP contribution < -0.4 is 5.73 Å². The highest BCUT2D eigenvalue weighted by molar-refractivity contribution is 6.31. The first-order valence-corrected chi connectivity index (χ1v) is 7.08. The summed E-state index contributed by atoms with van der Waals surface area (Å²) in [4.78, 5) is 4.35. The Balaban J connectivity index is 1.76. The second-order valence-electron chi connectivity index (χ2n) is 5.53. The van der Waals surface area contributed by atoms with Gasteiger partial charge in [-0.15, -0.1) is 0 Å². The highest BCUT2D eigenvalue weighted by atomic mass is 35.5. The molecule has 2 heterocycles. The van der Waals surface area contributed by atoms with Crippen molar-refractivity contribution in [3.05, 3.63) is 29.0 Å². The van der Waals surface area contributed by atoms with E-state index < -0.39 is 0 Å². The molecule has 1 saturated carbocycles. The molecular formula is C14H19ClN2O. The first-order valence-electron chi connectivity index (χ1n) is 6.70. The normalized spacial score (nSPS) is 27.8. The van der Waals surface area contributed by atoms with Crippen LogP contribution in [0.15, 0.2) is 18.3 Å². The highest BCUT2D eigenvalue weighted by Gasteiger charge is 2.44. The second-order valence-corrected chi connectivity index (χ2v) is 5.94. The van der Waals surface area contributed by atoms with Crippen molar-refractivity contribution in [3.63, 3.8) is 0 Å². The van der Waals surface area contributed by atoms with Crippen molar-refractivity contribution in [1.29, 1.82) is 0 Å². The number of nitrogens with two attached hydrogens (primary N) is 1. The van der Waals surface area contributed by atoms with Gasteiger partial charge in [0.2, 0.25) is 0 Å². The number of hydrogen-bond donors (Lipinski definition) is 1. The number of hydrogen-bond acceptors (Lipinski definition) is 3. The first-order chi connectivity index (χ1) is 8.70. The standard InChI is InChI=1S/C14H19ClN2O/c15-11-3-1-7-17-13(11)12(16)10-4-8-18-14(9-10)5-2-6-14/h1,3,7,10,12H,2,4-6,8-9,16H2. The maximum atomic E-state index is 6.37. The summed E-state index contributed by atoms with van der Waals surface area (Å²) in [5, 5.41) is 0.680. The Labute approximate surface area is 113 Å². The van der Waals surface area contributed by atoms with Crippen molar-refractivity contribution in [2.24, 2.45) is 11.7 Å². The van der Waals surface area contributed by atoms with Crippen LogP contribution in [0.3, 0.4) is 0 Å². The van der Waals surface area contributed by atoms with E-state index in [1.54, 1.807) is 6.20 Å². The molecule has 1 spiro atoms. The van der Waals surface area contributed by atoms with Crippen LogP contribution >= 0.6 is 11.6 Å². The first kappa shape index (κ1) is 12.4. The van der Waals surface area contributed by atoms with E-state index >= 15 is 0 Å². The number of halogens is 1. The lowest BCUT2D eigenvalue weighted by atomic mass is 9.70. The van der Waals surface area contributed by atoms with Gasteiger partial charge >= 0.3 is 0 Å². The molecule has 98 valence electrons. The molecule has 2 fully saturated rings. The van der Waals surface area contributed by atoms with Crippen LogP contribution in [-0.4, -0.2) is 17.2 Å². The number of pyridine rings is 1. The molecule has 1 aromatic heterocycles. The quantitative estimate of drug-likeness (QED) is 0.895. The van der Waals surface area contributed by atoms with Crippen LogP contribution in [0.2, 0.25) is 5.02 Å². The molecule has 1 aromatic rings. The maximum absolute atomic E-state index is 6.37. The lowest BCUT2D eigenvalue weighted by Crippen LogP contribution is -2.47. The van der Waals surface area contributed by atoms with E-state index in [2.05, 4.69) is 4.98 Å². The van der Waals surface area contributed by atoms with Gasteiger partial charge < -0.3 is 10.5 Å². The molecule has 1 aliphatic carbocycles. The van der Waals surface area contributed by atoms with Gasteiger partial charge in [0.25, 0.3) is 0 Å². The molecule has 4 heteroatoms. The zero-order chi connectivity index (χ0) is 12.6. The summed E-state index contributed by atoms with van der Waals surface area (Å²) in [5.41, 5.74) is 7.33. The summed E-state index contributed by atoms with van der Waals surface area (Å²) in [6.07, 6.45) is 7.49. The smallest absolute Gasteiger partial charge is 0.0759 e. The van der Waals surface area contributed by atoms with Gasteiger partial charge in [-0.2, -0.15) is 0 Å². The average molecular weight is 267 g/mol. The third kappa shape index (κ3) is 2.15. The fourth-order valence-corrected chi connectivity index (χ4v) is 3.41. The number of ether oxygens (including phenoxy) is 1. The lowest BCUT2D eigenvalue weighted by Gasteiger charge is -2.48. The van der Waals surface area contributed by atoms with Crippen molar-refractivity contribution in [2.75, 3.05) is 6.61 Å². The number of aromatic nitrogens is 1. The topological polar surface area (TPSA) is 48.1 Å². The van der Waals surface area contributed by atoms with E-state index in [1.807, 2.05) is 12.1 Å². The van der Waals surface area contributed by atoms with E-state index in [0.29, 0.717) is 10.9 Å². The molecule has 0 bridgehead atoms. The van der Waals surface area contributed by atoms with Gasteiger partial charge in [-0.3, -0.25) is 4.98 Å². The zero-order valence-electron chi connectivity index (χ0n) is 10.4. The van der Waals surface area contributed by atoms with E-state index in [1.165, 1.54) is 19.3 Å². The van der Waals surface area contributed by atoms with Gasteiger partial charge in [0.05, 0.1) is 22.4 Å². The molecule has 3 rings (SSSR count). The van der Waals surface area contributed by atoms with Crippen molar-refractivity contribution < 1.29 is 4.74 Å². The SMILES string of the molecule is NC(c1ncccc1Cl)C1CCOC2(CCC2)C1. The predicted molar refractivity (Wildman–Crippen MR) is 71.4 cm³/mol. The molecular weight excluding hydrogens is 248 g/mol. The molecule has 2 atom stereocenters. The van der Waals surface area contributed by atoms with E-state index in [4.69, 9.17) is 22.1 Å². The van der Waals surface area contributed by atoms with Gasteiger partial charge in [0.15, 0.2) is 0 Å². The molecule has 0 amide bonds. The van der Waals surface area contributed by atoms with E-state index in [9.17, 15) is 0 Å². The van der Waals surface area contributed by atoms with Gasteiger partial charge in [-0.05, 0) is 50.2 Å². The third-order valence-electron chi connectivity index (χ3n) is 4.41. The Morgan fingerprint density at radius 1 is 1.50 bits per heavy atom. The summed E-state index contributed by atoms with van der Waals surface area (Å²) in [6, 6.07) is 3.64. The van der Waals surface area contributed by atoms with Gasteiger partial charge in [0.1, 0.15) is 0 Å². The lowest BCUT2D eigenvalue weighted by molar-refractivity contribution is -0.146. The molecule has 1 saturated heterocycles. The fraction of sp³-hybridized carbons (Fsp3) is 0.643. The molecule has 3 nitrogen and oxygen atoms in total. The Bertz CT molecular complexity index is 434. The summed E-state index contributed by atoms with van der Waals surface area (Å²) < 4.78 is 5.94. The monoisotopic (exact) mass is 266 g/mol. The minimum Gasteiger partial charge on any atom is -0.375 e. The summed E-state index contributed by atoms with van der Waals surface area (Å²) in [5.74, 6) is 0.437. The molecule has 2 N–H and O–H groups in total. The molecule has 0 aromatic carbocycles. The third-order valence-corrected chi connectivity index (χ3v) is 4.73. The van der Waals surface area contributed by atoms with Crippen LogP contribution in [-0.2, 0) is 4.74 Å². The van der Waals surface area contributed by atoms with Crippen LogP contribution in [0.1, 0.15) is 43.8 Å². The average Bonchev–Trinajstić information content (AvgIpc) is 2.37. The molecule has 18 heavy (non-hydrogen) atoms. The van der Waals surface area contributed by atoms with Gasteiger partial charge in [-0.25, -0.2) is 0 Å². The van der Waals surface area contributed by atoms with Crippen molar-refractivity contribution >= 4 is 11.6 Å². The summed E-state index contributed by atoms with van der Waals surface area (Å²) in [7, 11) is 0. The Morgan fingerprint density at radius 2 is 2.33 bits per heavy atom. The Hall–Kier alpha value is -0.640. The van der Waals surface area contributed by atoms with E-state index in [0.717, 1.165) is 25.1 Å². The van der Waals surface area contributed by atoms with Crippen molar-refractivity contribution in [3.8, 4) is 0 Å². The second kappa shape index (κ2) is 4.80. The number of rotatable bonds is 2. The van der Waals surface area contributed by atoms with E-state index in [-0.39, 0.29) is 11.6 Å². The summed E-state index contributed by atoms with van der Waals surface area (Å²) >= 11 is 6.18. The minimum atomic E-state index is -0.0694. The zero-order valence-corrected chi connectivity index (χ0v) is 11.2. The van der Waals surface area contributed by atoms with Gasteiger partial charge in [-0.1, -0.05) is 11.6 Å². The largest absolute Gasteiger partial charge is 0.375 e. The molecule has 1 aliphatic heterocycles. The predicted octanol–water partition coefficient (Wildman–Crippen LogP) is 3.08. The van der Waals surface area contributed by atoms with Crippen LogP contribution in [0, 0.1) is 5.92 Å². The van der Waals surface area contributed by atoms with Crippen LogP contribution in [0.25, 0.3) is 0 Å². The van der Waals surface area contributed by atoms with Gasteiger partial charge in [0, 0.05) is 12.8 Å². The maximum Gasteiger partial charge on any atom is 0.0759 e. The van der Waals surface area contributed by atoms with Crippen molar-refractivity contribution in [2.45, 2.75) is 43.7 Å². The van der Waals surface area contributed by atoms with Crippen LogP contribution in [0.4, 0.5) is 0 Å². The molecule has 2 aliphatic rings. The fourth-order valence-electron chi connectivity index (χ4n) is 3.16. The Kier molecular flexibility index (Phi) is 3.31. The minimum absolute atomic E-state index is 0.0694. The summed E-state index contributed by atoms with van der Waals surface area (Å²) in [6.45, 7) is 0.822. The Morgan fingerprint density at radius 3 is 3.00 bits per heavy atom. The molecule has 0 radical (unpaired) electrons. The number of nitrogens with zero attached hydrogens (tertiary/aromatic N) is 1. The van der Waals surface area contributed by atoms with Crippen LogP contribution in [0.5, 0.6) is 0 Å².